The molecule has 3 N–H and O–H groups in total. The predicted octanol–water partition coefficient (Wildman–Crippen LogP) is 1.74. The first-order valence-electron chi connectivity index (χ1n) is 5.81. The number of benzene rings is 1. The van der Waals surface area contributed by atoms with Crippen molar-refractivity contribution in [1.82, 2.24) is 5.32 Å². The van der Waals surface area contributed by atoms with Crippen molar-refractivity contribution in [3.8, 4) is 0 Å². The minimum Gasteiger partial charge on any atom is -0.380 e. The van der Waals surface area contributed by atoms with E-state index in [1.807, 2.05) is 25.1 Å². The molecule has 1 aromatic carbocycles. The average molecular weight is 315 g/mol. The molecule has 0 aliphatic rings. The van der Waals surface area contributed by atoms with Crippen molar-refractivity contribution in [2.75, 3.05) is 13.7 Å². The van der Waals surface area contributed by atoms with Gasteiger partial charge in [-0.3, -0.25) is 4.79 Å². The van der Waals surface area contributed by atoms with Gasteiger partial charge in [0.2, 0.25) is 5.91 Å². The summed E-state index contributed by atoms with van der Waals surface area (Å²) < 4.78 is 6.11. The molecule has 0 fully saturated rings. The van der Waals surface area contributed by atoms with Crippen LogP contribution < -0.4 is 11.1 Å². The zero-order valence-corrected chi connectivity index (χ0v) is 12.3. The van der Waals surface area contributed by atoms with Crippen molar-refractivity contribution >= 4 is 21.8 Å². The van der Waals surface area contributed by atoms with Gasteiger partial charge in [-0.05, 0) is 30.2 Å². The maximum atomic E-state index is 11.7. The second kappa shape index (κ2) is 7.51. The summed E-state index contributed by atoms with van der Waals surface area (Å²) >= 11 is 3.41. The van der Waals surface area contributed by atoms with Gasteiger partial charge in [0.05, 0.1) is 12.5 Å². The van der Waals surface area contributed by atoms with Crippen molar-refractivity contribution in [3.63, 3.8) is 0 Å². The highest BCUT2D eigenvalue weighted by molar-refractivity contribution is 9.10. The molecule has 0 saturated carbocycles. The summed E-state index contributed by atoms with van der Waals surface area (Å²) in [7, 11) is 1.56. The number of hydrogen-bond donors (Lipinski definition) is 2. The molecule has 1 amide bonds. The van der Waals surface area contributed by atoms with E-state index >= 15 is 0 Å². The summed E-state index contributed by atoms with van der Waals surface area (Å²) in [4.78, 5) is 11.7. The molecule has 5 heteroatoms. The Bertz CT molecular complexity index is 406. The summed E-state index contributed by atoms with van der Waals surface area (Å²) in [6, 6.07) is 5.99. The van der Waals surface area contributed by atoms with Crippen molar-refractivity contribution in [1.29, 1.82) is 0 Å². The van der Waals surface area contributed by atoms with Crippen molar-refractivity contribution in [3.05, 3.63) is 33.8 Å². The van der Waals surface area contributed by atoms with Crippen LogP contribution in [0.3, 0.4) is 0 Å². The highest BCUT2D eigenvalue weighted by Gasteiger charge is 2.11. The number of hydrogen-bond acceptors (Lipinski definition) is 3. The normalized spacial score (nSPS) is 12.2. The SMILES string of the molecule is COC(CN)CC(=O)NCc1ccc(Br)cc1C. The van der Waals surface area contributed by atoms with E-state index in [1.54, 1.807) is 7.11 Å². The quantitative estimate of drug-likeness (QED) is 0.840. The number of ether oxygens (including phenoxy) is 1. The Labute approximate surface area is 116 Å². The van der Waals surface area contributed by atoms with E-state index in [1.165, 1.54) is 0 Å². The summed E-state index contributed by atoms with van der Waals surface area (Å²) in [6.45, 7) is 2.89. The molecular formula is C13H19BrN2O2. The fourth-order valence-corrected chi connectivity index (χ4v) is 2.07. The number of carbonyl (C=O) groups excluding carboxylic acids is 1. The number of aryl methyl sites for hydroxylation is 1. The van der Waals surface area contributed by atoms with Gasteiger partial charge in [-0.2, -0.15) is 0 Å². The maximum absolute atomic E-state index is 11.7. The van der Waals surface area contributed by atoms with Crippen LogP contribution in [0, 0.1) is 6.92 Å². The molecule has 0 aliphatic heterocycles. The van der Waals surface area contributed by atoms with E-state index in [9.17, 15) is 4.79 Å². The molecule has 0 bridgehead atoms. The van der Waals surface area contributed by atoms with E-state index in [4.69, 9.17) is 10.5 Å². The molecule has 100 valence electrons. The topological polar surface area (TPSA) is 64.3 Å². The molecule has 1 aromatic rings. The van der Waals surface area contributed by atoms with Crippen LogP contribution >= 0.6 is 15.9 Å². The molecule has 1 unspecified atom stereocenters. The number of halogens is 1. The van der Waals surface area contributed by atoms with Crippen LogP contribution in [0.1, 0.15) is 17.5 Å². The standard InChI is InChI=1S/C13H19BrN2O2/c1-9-5-11(14)4-3-10(9)8-16-13(17)6-12(7-15)18-2/h3-5,12H,6-8,15H2,1-2H3,(H,16,17). The Morgan fingerprint density at radius 1 is 1.56 bits per heavy atom. The highest BCUT2D eigenvalue weighted by atomic mass is 79.9. The van der Waals surface area contributed by atoms with E-state index in [0.29, 0.717) is 19.5 Å². The molecule has 0 aliphatic carbocycles. The smallest absolute Gasteiger partial charge is 0.222 e. The van der Waals surface area contributed by atoms with Gasteiger partial charge in [0.15, 0.2) is 0 Å². The Morgan fingerprint density at radius 3 is 2.83 bits per heavy atom. The third-order valence-corrected chi connectivity index (χ3v) is 3.28. The lowest BCUT2D eigenvalue weighted by Gasteiger charge is -2.13. The van der Waals surface area contributed by atoms with Gasteiger partial charge in [0, 0.05) is 24.7 Å². The van der Waals surface area contributed by atoms with Crippen LogP contribution in [0.15, 0.2) is 22.7 Å². The summed E-state index contributed by atoms with van der Waals surface area (Å²) in [6.07, 6.45) is 0.0822. The van der Waals surface area contributed by atoms with Gasteiger partial charge in [0.1, 0.15) is 0 Å². The number of rotatable bonds is 6. The van der Waals surface area contributed by atoms with Crippen molar-refractivity contribution < 1.29 is 9.53 Å². The number of methoxy groups -OCH3 is 1. The summed E-state index contributed by atoms with van der Waals surface area (Å²) in [5.41, 5.74) is 7.72. The molecule has 0 saturated heterocycles. The largest absolute Gasteiger partial charge is 0.380 e. The minimum atomic E-state index is -0.212. The second-order valence-electron chi connectivity index (χ2n) is 4.15. The predicted molar refractivity (Wildman–Crippen MR) is 75.2 cm³/mol. The van der Waals surface area contributed by atoms with Gasteiger partial charge >= 0.3 is 0 Å². The third kappa shape index (κ3) is 4.76. The Balaban J connectivity index is 2.47. The van der Waals surface area contributed by atoms with Crippen LogP contribution in [0.5, 0.6) is 0 Å². The fraction of sp³-hybridized carbons (Fsp3) is 0.462. The molecule has 0 spiro atoms. The van der Waals surface area contributed by atoms with Crippen LogP contribution in [0.4, 0.5) is 0 Å². The molecule has 18 heavy (non-hydrogen) atoms. The van der Waals surface area contributed by atoms with Gasteiger partial charge in [0.25, 0.3) is 0 Å². The van der Waals surface area contributed by atoms with E-state index in [2.05, 4.69) is 21.2 Å². The number of carbonyl (C=O) groups is 1. The van der Waals surface area contributed by atoms with Gasteiger partial charge < -0.3 is 15.8 Å². The zero-order chi connectivity index (χ0) is 13.5. The van der Waals surface area contributed by atoms with Crippen molar-refractivity contribution in [2.45, 2.75) is 26.0 Å². The lowest BCUT2D eigenvalue weighted by atomic mass is 10.1. The highest BCUT2D eigenvalue weighted by Crippen LogP contribution is 2.15. The molecule has 0 aromatic heterocycles. The maximum Gasteiger partial charge on any atom is 0.222 e. The molecule has 1 atom stereocenters. The van der Waals surface area contributed by atoms with Gasteiger partial charge in [-0.25, -0.2) is 0 Å². The summed E-state index contributed by atoms with van der Waals surface area (Å²) in [5.74, 6) is -0.0466. The molecule has 0 radical (unpaired) electrons. The van der Waals surface area contributed by atoms with E-state index in [-0.39, 0.29) is 12.0 Å². The van der Waals surface area contributed by atoms with Crippen LogP contribution in [0.2, 0.25) is 0 Å². The van der Waals surface area contributed by atoms with E-state index in [0.717, 1.165) is 15.6 Å². The molecule has 0 heterocycles. The zero-order valence-electron chi connectivity index (χ0n) is 10.7. The van der Waals surface area contributed by atoms with Crippen LogP contribution in [-0.2, 0) is 16.1 Å². The van der Waals surface area contributed by atoms with Crippen molar-refractivity contribution in [2.24, 2.45) is 5.73 Å². The lowest BCUT2D eigenvalue weighted by molar-refractivity contribution is -0.123. The Morgan fingerprint density at radius 2 is 2.28 bits per heavy atom. The van der Waals surface area contributed by atoms with Crippen LogP contribution in [0.25, 0.3) is 0 Å². The summed E-state index contributed by atoms with van der Waals surface area (Å²) in [5, 5.41) is 2.87. The lowest BCUT2D eigenvalue weighted by Crippen LogP contribution is -2.32. The average Bonchev–Trinajstić information content (AvgIpc) is 2.35. The number of nitrogens with one attached hydrogen (secondary N) is 1. The minimum absolute atomic E-state index is 0.0466. The number of nitrogens with two attached hydrogens (primary N) is 1. The second-order valence-corrected chi connectivity index (χ2v) is 5.06. The Kier molecular flexibility index (Phi) is 6.32. The molecular weight excluding hydrogens is 296 g/mol. The van der Waals surface area contributed by atoms with E-state index < -0.39 is 0 Å². The van der Waals surface area contributed by atoms with Crippen LogP contribution in [-0.4, -0.2) is 25.7 Å². The first kappa shape index (κ1) is 15.1. The van der Waals surface area contributed by atoms with Gasteiger partial charge in [-0.15, -0.1) is 0 Å². The number of amides is 1. The third-order valence-electron chi connectivity index (χ3n) is 2.79. The first-order valence-corrected chi connectivity index (χ1v) is 6.60. The van der Waals surface area contributed by atoms with Gasteiger partial charge in [-0.1, -0.05) is 22.0 Å². The molecule has 1 rings (SSSR count). The molecule has 4 nitrogen and oxygen atoms in total. The first-order chi connectivity index (χ1) is 8.56. The Hall–Kier alpha value is -0.910. The monoisotopic (exact) mass is 314 g/mol. The fourth-order valence-electron chi connectivity index (χ4n) is 1.59.